The second-order valence-corrected chi connectivity index (χ2v) is 5.85. The van der Waals surface area contributed by atoms with Gasteiger partial charge >= 0.3 is 0 Å². The number of hydrogen-bond acceptors (Lipinski definition) is 3. The third-order valence-electron chi connectivity index (χ3n) is 4.08. The molecule has 1 N–H and O–H groups in total. The summed E-state index contributed by atoms with van der Waals surface area (Å²) in [6.45, 7) is 5.94. The van der Waals surface area contributed by atoms with Gasteiger partial charge in [-0.1, -0.05) is 12.8 Å². The molecule has 0 spiro atoms. The number of nitrogens with one attached hydrogen (secondary N) is 1. The topological polar surface area (TPSA) is 18.5 Å². The molecule has 0 radical (unpaired) electrons. The van der Waals surface area contributed by atoms with Crippen LogP contribution in [0.1, 0.15) is 32.6 Å². The summed E-state index contributed by atoms with van der Waals surface area (Å²) in [5, 5.41) is 3.67. The van der Waals surface area contributed by atoms with Gasteiger partial charge in [0.15, 0.2) is 0 Å². The lowest BCUT2D eigenvalue weighted by Gasteiger charge is -2.43. The van der Waals surface area contributed by atoms with Crippen molar-refractivity contribution in [3.63, 3.8) is 0 Å². The number of nitrogens with zero attached hydrogens (tertiary/aromatic N) is 2. The van der Waals surface area contributed by atoms with Crippen LogP contribution in [0.5, 0.6) is 0 Å². The van der Waals surface area contributed by atoms with Crippen LogP contribution in [-0.4, -0.2) is 61.7 Å². The Kier molecular flexibility index (Phi) is 4.22. The van der Waals surface area contributed by atoms with Crippen LogP contribution in [0.25, 0.3) is 0 Å². The second-order valence-electron chi connectivity index (χ2n) is 5.85. The van der Waals surface area contributed by atoms with Gasteiger partial charge in [0, 0.05) is 37.8 Å². The van der Waals surface area contributed by atoms with Crippen LogP contribution in [0.4, 0.5) is 0 Å². The van der Waals surface area contributed by atoms with E-state index in [4.69, 9.17) is 0 Å². The molecule has 2 unspecified atom stereocenters. The maximum Gasteiger partial charge on any atom is 0.0323 e. The van der Waals surface area contributed by atoms with E-state index < -0.39 is 0 Å². The van der Waals surface area contributed by atoms with E-state index in [0.29, 0.717) is 6.04 Å². The molecule has 1 aliphatic heterocycles. The lowest BCUT2D eigenvalue weighted by molar-refractivity contribution is 0.0850. The highest BCUT2D eigenvalue weighted by Gasteiger charge is 2.31. The number of piperazine rings is 1. The Morgan fingerprint density at radius 1 is 1.25 bits per heavy atom. The molecule has 1 heterocycles. The first-order valence-electron chi connectivity index (χ1n) is 6.80. The first kappa shape index (κ1) is 12.3. The molecule has 0 aromatic carbocycles. The van der Waals surface area contributed by atoms with Crippen molar-refractivity contribution in [2.24, 2.45) is 0 Å². The van der Waals surface area contributed by atoms with E-state index in [-0.39, 0.29) is 0 Å². The Bertz CT molecular complexity index is 211. The number of hydrogen-bond donors (Lipinski definition) is 1. The van der Waals surface area contributed by atoms with E-state index in [2.05, 4.69) is 36.1 Å². The second kappa shape index (κ2) is 5.48. The Morgan fingerprint density at radius 2 is 1.94 bits per heavy atom. The van der Waals surface area contributed by atoms with Gasteiger partial charge in [-0.3, -0.25) is 4.90 Å². The molecule has 3 heteroatoms. The summed E-state index contributed by atoms with van der Waals surface area (Å²) in [4.78, 5) is 5.05. The molecule has 0 bridgehead atoms. The summed E-state index contributed by atoms with van der Waals surface area (Å²) >= 11 is 0. The fourth-order valence-corrected chi connectivity index (χ4v) is 3.26. The Labute approximate surface area is 100 Å². The van der Waals surface area contributed by atoms with Crippen molar-refractivity contribution in [1.82, 2.24) is 15.1 Å². The molecular weight excluding hydrogens is 198 g/mol. The predicted octanol–water partition coefficient (Wildman–Crippen LogP) is 1.15. The maximum atomic E-state index is 3.67. The average Bonchev–Trinajstić information content (AvgIpc) is 2.73. The highest BCUT2D eigenvalue weighted by Crippen LogP contribution is 2.26. The van der Waals surface area contributed by atoms with Crippen molar-refractivity contribution in [2.75, 3.05) is 33.7 Å². The standard InChI is InChI=1S/C13H27N3/c1-11-8-14-12(9-15(2)3)10-16(11)13-6-4-5-7-13/h11-14H,4-10H2,1-3H3. The molecule has 0 aromatic rings. The van der Waals surface area contributed by atoms with Crippen LogP contribution < -0.4 is 5.32 Å². The summed E-state index contributed by atoms with van der Waals surface area (Å²) in [6, 6.07) is 2.26. The highest BCUT2D eigenvalue weighted by atomic mass is 15.3. The summed E-state index contributed by atoms with van der Waals surface area (Å²) in [5.41, 5.74) is 0. The quantitative estimate of drug-likeness (QED) is 0.777. The van der Waals surface area contributed by atoms with Crippen molar-refractivity contribution in [2.45, 2.75) is 50.7 Å². The molecule has 1 saturated heterocycles. The molecule has 1 aliphatic carbocycles. The van der Waals surface area contributed by atoms with Crippen molar-refractivity contribution < 1.29 is 0 Å². The van der Waals surface area contributed by atoms with Gasteiger partial charge in [0.25, 0.3) is 0 Å². The van der Waals surface area contributed by atoms with E-state index in [1.54, 1.807) is 0 Å². The van der Waals surface area contributed by atoms with E-state index in [1.807, 2.05) is 0 Å². The number of rotatable bonds is 3. The zero-order valence-corrected chi connectivity index (χ0v) is 11.1. The van der Waals surface area contributed by atoms with Crippen molar-refractivity contribution in [3.05, 3.63) is 0 Å². The summed E-state index contributed by atoms with van der Waals surface area (Å²) in [5.74, 6) is 0. The predicted molar refractivity (Wildman–Crippen MR) is 68.8 cm³/mol. The normalized spacial score (nSPS) is 33.8. The van der Waals surface area contributed by atoms with E-state index in [0.717, 1.165) is 25.2 Å². The van der Waals surface area contributed by atoms with Gasteiger partial charge in [0.2, 0.25) is 0 Å². The molecule has 1 saturated carbocycles. The Balaban J connectivity index is 1.89. The Hall–Kier alpha value is -0.120. The molecule has 2 aliphatic rings. The zero-order valence-electron chi connectivity index (χ0n) is 11.1. The van der Waals surface area contributed by atoms with Crippen molar-refractivity contribution in [1.29, 1.82) is 0 Å². The van der Waals surface area contributed by atoms with Crippen LogP contribution in [0.15, 0.2) is 0 Å². The van der Waals surface area contributed by atoms with Crippen LogP contribution in [-0.2, 0) is 0 Å². The SMILES string of the molecule is CC1CNC(CN(C)C)CN1C1CCCC1. The highest BCUT2D eigenvalue weighted by molar-refractivity contribution is 4.90. The van der Waals surface area contributed by atoms with Crippen LogP contribution in [0, 0.1) is 0 Å². The Morgan fingerprint density at radius 3 is 2.56 bits per heavy atom. The van der Waals surface area contributed by atoms with Crippen LogP contribution in [0.3, 0.4) is 0 Å². The minimum atomic E-state index is 0.659. The largest absolute Gasteiger partial charge is 0.310 e. The molecule has 2 fully saturated rings. The van der Waals surface area contributed by atoms with E-state index in [1.165, 1.54) is 32.2 Å². The van der Waals surface area contributed by atoms with Gasteiger partial charge in [-0.25, -0.2) is 0 Å². The molecule has 94 valence electrons. The first-order valence-corrected chi connectivity index (χ1v) is 6.80. The van der Waals surface area contributed by atoms with Crippen LogP contribution in [0.2, 0.25) is 0 Å². The molecule has 2 rings (SSSR count). The average molecular weight is 225 g/mol. The first-order chi connectivity index (χ1) is 7.66. The van der Waals surface area contributed by atoms with Crippen molar-refractivity contribution in [3.8, 4) is 0 Å². The van der Waals surface area contributed by atoms with Crippen molar-refractivity contribution >= 4 is 0 Å². The molecule has 0 amide bonds. The summed E-state index contributed by atoms with van der Waals surface area (Å²) < 4.78 is 0. The molecule has 2 atom stereocenters. The minimum absolute atomic E-state index is 0.659. The molecule has 3 nitrogen and oxygen atoms in total. The fraction of sp³-hybridized carbons (Fsp3) is 1.00. The van der Waals surface area contributed by atoms with Gasteiger partial charge < -0.3 is 10.2 Å². The van der Waals surface area contributed by atoms with Crippen LogP contribution >= 0.6 is 0 Å². The monoisotopic (exact) mass is 225 g/mol. The summed E-state index contributed by atoms with van der Waals surface area (Å²) in [7, 11) is 4.33. The van der Waals surface area contributed by atoms with E-state index >= 15 is 0 Å². The third-order valence-corrected chi connectivity index (χ3v) is 4.08. The number of likely N-dealkylation sites (N-methyl/N-ethyl adjacent to an activating group) is 1. The molecular formula is C13H27N3. The van der Waals surface area contributed by atoms with Gasteiger partial charge in [-0.05, 0) is 33.9 Å². The minimum Gasteiger partial charge on any atom is -0.310 e. The summed E-state index contributed by atoms with van der Waals surface area (Å²) in [6.07, 6.45) is 5.75. The molecule has 16 heavy (non-hydrogen) atoms. The smallest absolute Gasteiger partial charge is 0.0323 e. The lowest BCUT2D eigenvalue weighted by Crippen LogP contribution is -2.60. The van der Waals surface area contributed by atoms with Gasteiger partial charge in [0.1, 0.15) is 0 Å². The van der Waals surface area contributed by atoms with Gasteiger partial charge in [-0.2, -0.15) is 0 Å². The zero-order chi connectivity index (χ0) is 11.5. The van der Waals surface area contributed by atoms with E-state index in [9.17, 15) is 0 Å². The molecule has 0 aromatic heterocycles. The lowest BCUT2D eigenvalue weighted by atomic mass is 10.1. The fourth-order valence-electron chi connectivity index (χ4n) is 3.26. The maximum absolute atomic E-state index is 3.67. The third kappa shape index (κ3) is 2.96. The van der Waals surface area contributed by atoms with Gasteiger partial charge in [-0.15, -0.1) is 0 Å². The van der Waals surface area contributed by atoms with Gasteiger partial charge in [0.05, 0.1) is 0 Å².